The molecule has 3 saturated heterocycles. The number of carbonyl (C=O) groups excluding carboxylic acids is 1. The smallest absolute Gasteiger partial charge is 0.227 e. The van der Waals surface area contributed by atoms with Crippen molar-refractivity contribution in [1.82, 2.24) is 15.1 Å². The molecule has 0 aromatic rings. The van der Waals surface area contributed by atoms with Crippen molar-refractivity contribution in [2.75, 3.05) is 26.2 Å². The van der Waals surface area contributed by atoms with E-state index in [1.165, 1.54) is 25.7 Å². The van der Waals surface area contributed by atoms with Gasteiger partial charge in [0.1, 0.15) is 0 Å². The molecule has 2 bridgehead atoms. The summed E-state index contributed by atoms with van der Waals surface area (Å²) in [5, 5.41) is 3.58. The Morgan fingerprint density at radius 2 is 1.78 bits per heavy atom. The van der Waals surface area contributed by atoms with Crippen LogP contribution in [0.4, 0.5) is 0 Å². The lowest BCUT2D eigenvalue weighted by molar-refractivity contribution is -0.138. The number of fused-ring (bicyclic) bond motifs is 2. The Balaban J connectivity index is 1.35. The molecule has 0 aromatic carbocycles. The summed E-state index contributed by atoms with van der Waals surface area (Å²) in [5.41, 5.74) is 0. The van der Waals surface area contributed by atoms with Crippen LogP contribution in [0.1, 0.15) is 32.1 Å². The number of carbonyl (C=O) groups is 1. The van der Waals surface area contributed by atoms with Gasteiger partial charge in [-0.1, -0.05) is 0 Å². The van der Waals surface area contributed by atoms with Gasteiger partial charge in [0.25, 0.3) is 0 Å². The van der Waals surface area contributed by atoms with E-state index in [1.807, 2.05) is 0 Å². The summed E-state index contributed by atoms with van der Waals surface area (Å²) in [6.45, 7) is 4.13. The summed E-state index contributed by atoms with van der Waals surface area (Å²) in [5.74, 6) is 0.723. The van der Waals surface area contributed by atoms with Crippen LogP contribution < -0.4 is 5.32 Å². The van der Waals surface area contributed by atoms with Crippen molar-refractivity contribution in [3.8, 4) is 0 Å². The maximum Gasteiger partial charge on any atom is 0.227 e. The molecule has 4 rings (SSSR count). The fourth-order valence-corrected chi connectivity index (χ4v) is 4.08. The summed E-state index contributed by atoms with van der Waals surface area (Å²) >= 11 is 0. The number of piperazine rings is 1. The number of rotatable bonds is 2. The molecule has 3 heterocycles. The first-order valence-corrected chi connectivity index (χ1v) is 7.60. The van der Waals surface area contributed by atoms with Crippen molar-refractivity contribution in [3.63, 3.8) is 0 Å². The number of amides is 1. The molecule has 3 aliphatic heterocycles. The van der Waals surface area contributed by atoms with Crippen molar-refractivity contribution in [2.24, 2.45) is 5.92 Å². The third kappa shape index (κ3) is 1.86. The molecule has 4 heteroatoms. The van der Waals surface area contributed by atoms with Gasteiger partial charge in [0, 0.05) is 44.3 Å². The SMILES string of the molecule is O=C(C1CC2CCC1N2)N1CCN(C2CC2)CC1. The van der Waals surface area contributed by atoms with Crippen LogP contribution in [0.5, 0.6) is 0 Å². The zero-order valence-electron chi connectivity index (χ0n) is 11.0. The maximum atomic E-state index is 12.5. The molecule has 4 nitrogen and oxygen atoms in total. The molecular weight excluding hydrogens is 226 g/mol. The molecule has 18 heavy (non-hydrogen) atoms. The Bertz CT molecular complexity index is 347. The van der Waals surface area contributed by atoms with E-state index in [9.17, 15) is 4.79 Å². The third-order valence-electron chi connectivity index (χ3n) is 5.31. The van der Waals surface area contributed by atoms with E-state index >= 15 is 0 Å². The molecule has 3 atom stereocenters. The molecular formula is C14H23N3O. The van der Waals surface area contributed by atoms with Crippen LogP contribution in [0.15, 0.2) is 0 Å². The first-order chi connectivity index (χ1) is 8.81. The molecule has 4 fully saturated rings. The van der Waals surface area contributed by atoms with Gasteiger partial charge in [0.05, 0.1) is 5.92 Å². The van der Waals surface area contributed by atoms with Crippen LogP contribution in [0.3, 0.4) is 0 Å². The minimum atomic E-state index is 0.288. The van der Waals surface area contributed by atoms with Gasteiger partial charge in [-0.3, -0.25) is 9.69 Å². The first kappa shape index (κ1) is 11.2. The third-order valence-corrected chi connectivity index (χ3v) is 5.31. The normalized spacial score (nSPS) is 40.4. The Labute approximate surface area is 109 Å². The predicted molar refractivity (Wildman–Crippen MR) is 69.2 cm³/mol. The number of hydrogen-bond donors (Lipinski definition) is 1. The number of nitrogens with one attached hydrogen (secondary N) is 1. The van der Waals surface area contributed by atoms with Gasteiger partial charge < -0.3 is 10.2 Å². The fraction of sp³-hybridized carbons (Fsp3) is 0.929. The molecule has 3 unspecified atom stereocenters. The first-order valence-electron chi connectivity index (χ1n) is 7.60. The van der Waals surface area contributed by atoms with Crippen LogP contribution in [0, 0.1) is 5.92 Å². The van der Waals surface area contributed by atoms with Crippen LogP contribution in [-0.2, 0) is 4.79 Å². The molecule has 100 valence electrons. The highest BCUT2D eigenvalue weighted by Gasteiger charge is 2.44. The summed E-state index contributed by atoms with van der Waals surface area (Å²) in [6, 6.07) is 1.98. The van der Waals surface area contributed by atoms with Gasteiger partial charge in [-0.25, -0.2) is 0 Å². The molecule has 1 saturated carbocycles. The number of nitrogens with zero attached hydrogens (tertiary/aromatic N) is 2. The fourth-order valence-electron chi connectivity index (χ4n) is 4.08. The zero-order valence-corrected chi connectivity index (χ0v) is 11.0. The van der Waals surface area contributed by atoms with Crippen molar-refractivity contribution < 1.29 is 4.79 Å². The lowest BCUT2D eigenvalue weighted by Gasteiger charge is -2.37. The quantitative estimate of drug-likeness (QED) is 0.771. The second-order valence-electron chi connectivity index (χ2n) is 6.48. The van der Waals surface area contributed by atoms with Gasteiger partial charge in [-0.15, -0.1) is 0 Å². The number of hydrogen-bond acceptors (Lipinski definition) is 3. The second-order valence-corrected chi connectivity index (χ2v) is 6.48. The lowest BCUT2D eigenvalue weighted by Crippen LogP contribution is -2.52. The Morgan fingerprint density at radius 3 is 2.33 bits per heavy atom. The Hall–Kier alpha value is -0.610. The Kier molecular flexibility index (Phi) is 2.62. The van der Waals surface area contributed by atoms with E-state index in [1.54, 1.807) is 0 Å². The van der Waals surface area contributed by atoms with Crippen molar-refractivity contribution >= 4 is 5.91 Å². The topological polar surface area (TPSA) is 35.6 Å². The van der Waals surface area contributed by atoms with E-state index in [0.717, 1.165) is 38.6 Å². The molecule has 1 N–H and O–H groups in total. The van der Waals surface area contributed by atoms with E-state index in [0.29, 0.717) is 18.0 Å². The highest BCUT2D eigenvalue weighted by Crippen LogP contribution is 2.35. The average Bonchev–Trinajstić information content (AvgIpc) is 3.06. The molecule has 0 aromatic heterocycles. The van der Waals surface area contributed by atoms with Gasteiger partial charge in [-0.2, -0.15) is 0 Å². The molecule has 1 amide bonds. The van der Waals surface area contributed by atoms with E-state index < -0.39 is 0 Å². The average molecular weight is 249 g/mol. The minimum absolute atomic E-state index is 0.288. The van der Waals surface area contributed by atoms with Crippen LogP contribution in [0.2, 0.25) is 0 Å². The van der Waals surface area contributed by atoms with Gasteiger partial charge >= 0.3 is 0 Å². The standard InChI is InChI=1S/C14H23N3O/c18-14(12-9-10-1-4-13(12)15-10)17-7-5-16(6-8-17)11-2-3-11/h10-13,15H,1-9H2. The van der Waals surface area contributed by atoms with Crippen molar-refractivity contribution in [1.29, 1.82) is 0 Å². The lowest BCUT2D eigenvalue weighted by atomic mass is 9.88. The van der Waals surface area contributed by atoms with E-state index in [-0.39, 0.29) is 5.92 Å². The zero-order chi connectivity index (χ0) is 12.1. The summed E-state index contributed by atoms with van der Waals surface area (Å²) < 4.78 is 0. The van der Waals surface area contributed by atoms with Crippen LogP contribution in [-0.4, -0.2) is 60.0 Å². The van der Waals surface area contributed by atoms with Gasteiger partial charge in [0.15, 0.2) is 0 Å². The summed E-state index contributed by atoms with van der Waals surface area (Å²) in [6.07, 6.45) is 6.34. The predicted octanol–water partition coefficient (Wildman–Crippen LogP) is 0.434. The van der Waals surface area contributed by atoms with E-state index in [2.05, 4.69) is 15.1 Å². The van der Waals surface area contributed by atoms with Crippen LogP contribution >= 0.6 is 0 Å². The van der Waals surface area contributed by atoms with Gasteiger partial charge in [0.2, 0.25) is 5.91 Å². The van der Waals surface area contributed by atoms with Crippen LogP contribution in [0.25, 0.3) is 0 Å². The van der Waals surface area contributed by atoms with Crippen molar-refractivity contribution in [2.45, 2.75) is 50.2 Å². The summed E-state index contributed by atoms with van der Waals surface area (Å²) in [4.78, 5) is 17.3. The largest absolute Gasteiger partial charge is 0.340 e. The second kappa shape index (κ2) is 4.20. The summed E-state index contributed by atoms with van der Waals surface area (Å²) in [7, 11) is 0. The van der Waals surface area contributed by atoms with Gasteiger partial charge in [-0.05, 0) is 32.1 Å². The Morgan fingerprint density at radius 1 is 1.00 bits per heavy atom. The van der Waals surface area contributed by atoms with E-state index in [4.69, 9.17) is 0 Å². The molecule has 0 radical (unpaired) electrons. The maximum absolute atomic E-state index is 12.5. The van der Waals surface area contributed by atoms with Crippen molar-refractivity contribution in [3.05, 3.63) is 0 Å². The highest BCUT2D eigenvalue weighted by atomic mass is 16.2. The highest BCUT2D eigenvalue weighted by molar-refractivity contribution is 5.80. The minimum Gasteiger partial charge on any atom is -0.340 e. The monoisotopic (exact) mass is 249 g/mol. The molecule has 4 aliphatic rings. The molecule has 1 aliphatic carbocycles. The molecule has 0 spiro atoms.